The summed E-state index contributed by atoms with van der Waals surface area (Å²) in [5, 5.41) is 14.7. The fourth-order valence-corrected chi connectivity index (χ4v) is 2.54. The lowest BCUT2D eigenvalue weighted by Gasteiger charge is -2.16. The molecule has 0 aliphatic rings. The number of hydrogen-bond donors (Lipinski definition) is 2. The van der Waals surface area contributed by atoms with Crippen molar-refractivity contribution in [2.75, 3.05) is 10.6 Å². The van der Waals surface area contributed by atoms with Gasteiger partial charge in [-0.1, -0.05) is 50.2 Å². The summed E-state index contributed by atoms with van der Waals surface area (Å²) >= 11 is 0. The third-order valence-electron chi connectivity index (χ3n) is 3.77. The zero-order valence-corrected chi connectivity index (χ0v) is 14.1. The number of nitrogens with one attached hydrogen (secondary N) is 2. The number of nitrogens with zero attached hydrogens (tertiary/aromatic N) is 3. The lowest BCUT2D eigenvalue weighted by atomic mass is 9.98. The zero-order chi connectivity index (χ0) is 16.9. The van der Waals surface area contributed by atoms with Crippen LogP contribution in [0, 0.1) is 6.92 Å². The average Bonchev–Trinajstić information content (AvgIpc) is 2.58. The molecule has 0 aliphatic heterocycles. The van der Waals surface area contributed by atoms with Gasteiger partial charge < -0.3 is 10.6 Å². The molecule has 0 amide bonds. The Morgan fingerprint density at radius 1 is 0.917 bits per heavy atom. The van der Waals surface area contributed by atoms with Gasteiger partial charge in [0.2, 0.25) is 5.95 Å². The van der Waals surface area contributed by atoms with E-state index < -0.39 is 0 Å². The van der Waals surface area contributed by atoms with Gasteiger partial charge in [-0.15, -0.1) is 5.10 Å². The summed E-state index contributed by atoms with van der Waals surface area (Å²) in [4.78, 5) is 4.51. The van der Waals surface area contributed by atoms with Crippen LogP contribution >= 0.6 is 0 Å². The van der Waals surface area contributed by atoms with E-state index >= 15 is 0 Å². The van der Waals surface area contributed by atoms with Crippen LogP contribution in [-0.2, 0) is 0 Å². The Bertz CT molecular complexity index is 815. The highest BCUT2D eigenvalue weighted by Crippen LogP contribution is 2.29. The molecule has 24 heavy (non-hydrogen) atoms. The molecule has 0 spiro atoms. The van der Waals surface area contributed by atoms with Crippen molar-refractivity contribution in [1.29, 1.82) is 0 Å². The van der Waals surface area contributed by atoms with E-state index in [0.29, 0.717) is 17.7 Å². The Morgan fingerprint density at radius 2 is 1.71 bits per heavy atom. The van der Waals surface area contributed by atoms with Gasteiger partial charge in [-0.2, -0.15) is 10.1 Å². The minimum Gasteiger partial charge on any atom is -0.339 e. The van der Waals surface area contributed by atoms with Gasteiger partial charge in [-0.3, -0.25) is 0 Å². The second-order valence-corrected chi connectivity index (χ2v) is 5.98. The number of aryl methyl sites for hydroxylation is 1. The highest BCUT2D eigenvalue weighted by Gasteiger charge is 2.11. The molecule has 5 heteroatoms. The number of para-hydroxylation sites is 2. The van der Waals surface area contributed by atoms with Crippen LogP contribution in [0.5, 0.6) is 0 Å². The van der Waals surface area contributed by atoms with E-state index in [2.05, 4.69) is 64.8 Å². The monoisotopic (exact) mass is 319 g/mol. The molecule has 0 bridgehead atoms. The van der Waals surface area contributed by atoms with E-state index in [1.54, 1.807) is 6.20 Å². The van der Waals surface area contributed by atoms with Crippen molar-refractivity contribution < 1.29 is 0 Å². The molecule has 2 aromatic carbocycles. The van der Waals surface area contributed by atoms with Crippen LogP contribution in [0.1, 0.15) is 30.9 Å². The summed E-state index contributed by atoms with van der Waals surface area (Å²) in [6.45, 7) is 6.42. The molecule has 0 radical (unpaired) electrons. The lowest BCUT2D eigenvalue weighted by molar-refractivity contribution is 0.865. The van der Waals surface area contributed by atoms with Gasteiger partial charge >= 0.3 is 0 Å². The van der Waals surface area contributed by atoms with Crippen LogP contribution in [0.3, 0.4) is 0 Å². The van der Waals surface area contributed by atoms with Crippen molar-refractivity contribution in [3.05, 3.63) is 65.9 Å². The summed E-state index contributed by atoms with van der Waals surface area (Å²) < 4.78 is 0. The van der Waals surface area contributed by atoms with E-state index in [1.807, 2.05) is 30.3 Å². The summed E-state index contributed by atoms with van der Waals surface area (Å²) in [7, 11) is 0. The SMILES string of the molecule is Cc1cccc(C(C)C)c1Nc1nncc(Nc2ccccc2)n1. The van der Waals surface area contributed by atoms with Gasteiger partial charge in [-0.05, 0) is 36.1 Å². The number of benzene rings is 2. The fraction of sp³-hybridized carbons (Fsp3) is 0.211. The summed E-state index contributed by atoms with van der Waals surface area (Å²) in [5.74, 6) is 1.54. The molecule has 2 N–H and O–H groups in total. The smallest absolute Gasteiger partial charge is 0.249 e. The Balaban J connectivity index is 1.86. The standard InChI is InChI=1S/C19H21N5/c1-13(2)16-11-7-8-14(3)18(16)23-19-22-17(12-20-24-19)21-15-9-5-4-6-10-15/h4-13H,1-3H3,(H2,21,22,23,24). The van der Waals surface area contributed by atoms with Gasteiger partial charge in [0.05, 0.1) is 6.20 Å². The average molecular weight is 319 g/mol. The highest BCUT2D eigenvalue weighted by atomic mass is 15.3. The number of aromatic nitrogens is 3. The molecule has 0 saturated heterocycles. The van der Waals surface area contributed by atoms with E-state index in [9.17, 15) is 0 Å². The first-order chi connectivity index (χ1) is 11.6. The van der Waals surface area contributed by atoms with Crippen LogP contribution in [0.15, 0.2) is 54.7 Å². The van der Waals surface area contributed by atoms with Gasteiger partial charge in [0.1, 0.15) is 0 Å². The second kappa shape index (κ2) is 7.08. The van der Waals surface area contributed by atoms with E-state index in [-0.39, 0.29) is 0 Å². The van der Waals surface area contributed by atoms with Crippen LogP contribution in [0.2, 0.25) is 0 Å². The minimum atomic E-state index is 0.408. The number of anilines is 4. The molecule has 1 aromatic heterocycles. The highest BCUT2D eigenvalue weighted by molar-refractivity contribution is 5.65. The van der Waals surface area contributed by atoms with Crippen LogP contribution in [0.4, 0.5) is 23.1 Å². The number of hydrogen-bond acceptors (Lipinski definition) is 5. The predicted octanol–water partition coefficient (Wildman–Crippen LogP) is 4.79. The predicted molar refractivity (Wildman–Crippen MR) is 98.1 cm³/mol. The first kappa shape index (κ1) is 15.9. The van der Waals surface area contributed by atoms with Crippen molar-refractivity contribution in [1.82, 2.24) is 15.2 Å². The zero-order valence-electron chi connectivity index (χ0n) is 14.1. The molecule has 1 heterocycles. The van der Waals surface area contributed by atoms with Crippen molar-refractivity contribution in [2.24, 2.45) is 0 Å². The normalized spacial score (nSPS) is 10.7. The summed E-state index contributed by atoms with van der Waals surface area (Å²) in [5.41, 5.74) is 4.40. The van der Waals surface area contributed by atoms with Crippen LogP contribution in [-0.4, -0.2) is 15.2 Å². The first-order valence-electron chi connectivity index (χ1n) is 8.02. The largest absolute Gasteiger partial charge is 0.339 e. The molecule has 3 rings (SSSR count). The first-order valence-corrected chi connectivity index (χ1v) is 8.02. The molecule has 0 saturated carbocycles. The van der Waals surface area contributed by atoms with Gasteiger partial charge in [0.15, 0.2) is 5.82 Å². The molecular weight excluding hydrogens is 298 g/mol. The molecular formula is C19H21N5. The maximum Gasteiger partial charge on any atom is 0.249 e. The van der Waals surface area contributed by atoms with Gasteiger partial charge in [-0.25, -0.2) is 0 Å². The minimum absolute atomic E-state index is 0.408. The maximum atomic E-state index is 4.51. The molecule has 0 aliphatic carbocycles. The molecule has 3 aromatic rings. The quantitative estimate of drug-likeness (QED) is 0.708. The van der Waals surface area contributed by atoms with Crippen LogP contribution in [0.25, 0.3) is 0 Å². The van der Waals surface area contributed by atoms with Crippen molar-refractivity contribution in [2.45, 2.75) is 26.7 Å². The molecule has 0 unspecified atom stereocenters. The Morgan fingerprint density at radius 3 is 2.46 bits per heavy atom. The Labute approximate surface area is 142 Å². The maximum absolute atomic E-state index is 4.51. The van der Waals surface area contributed by atoms with Crippen molar-refractivity contribution >= 4 is 23.1 Å². The Hall–Kier alpha value is -2.95. The number of rotatable bonds is 5. The second-order valence-electron chi connectivity index (χ2n) is 5.98. The molecule has 122 valence electrons. The fourth-order valence-electron chi connectivity index (χ4n) is 2.54. The van der Waals surface area contributed by atoms with E-state index in [1.165, 1.54) is 5.56 Å². The van der Waals surface area contributed by atoms with Crippen molar-refractivity contribution in [3.8, 4) is 0 Å². The third-order valence-corrected chi connectivity index (χ3v) is 3.77. The summed E-state index contributed by atoms with van der Waals surface area (Å²) in [6.07, 6.45) is 1.61. The Kier molecular flexibility index (Phi) is 4.70. The van der Waals surface area contributed by atoms with Gasteiger partial charge in [0.25, 0.3) is 0 Å². The lowest BCUT2D eigenvalue weighted by Crippen LogP contribution is -2.05. The van der Waals surface area contributed by atoms with E-state index in [4.69, 9.17) is 0 Å². The third kappa shape index (κ3) is 3.68. The van der Waals surface area contributed by atoms with Gasteiger partial charge in [0, 0.05) is 11.4 Å². The molecule has 0 fully saturated rings. The van der Waals surface area contributed by atoms with Crippen molar-refractivity contribution in [3.63, 3.8) is 0 Å². The van der Waals surface area contributed by atoms with E-state index in [0.717, 1.165) is 16.9 Å². The summed E-state index contributed by atoms with van der Waals surface area (Å²) in [6, 6.07) is 16.1. The molecule has 0 atom stereocenters. The van der Waals surface area contributed by atoms with Crippen LogP contribution < -0.4 is 10.6 Å². The topological polar surface area (TPSA) is 62.7 Å². The molecule has 5 nitrogen and oxygen atoms in total.